The normalized spacial score (nSPS) is 25.3. The zero-order valence-electron chi connectivity index (χ0n) is 9.09. The second-order valence-corrected chi connectivity index (χ2v) is 5.32. The first-order chi connectivity index (χ1) is 7.25. The lowest BCUT2D eigenvalue weighted by atomic mass is 9.93. The van der Waals surface area contributed by atoms with Crippen molar-refractivity contribution < 1.29 is 5.11 Å². The lowest BCUT2D eigenvalue weighted by Gasteiger charge is -2.33. The van der Waals surface area contributed by atoms with Crippen LogP contribution in [0.4, 0.5) is 0 Å². The Morgan fingerprint density at radius 1 is 1.73 bits per heavy atom. The van der Waals surface area contributed by atoms with Gasteiger partial charge in [0.05, 0.1) is 11.6 Å². The number of hydrogen-bond acceptors (Lipinski definition) is 4. The Hall–Kier alpha value is -0.450. The number of rotatable bonds is 3. The number of aliphatic hydroxyl groups excluding tert-OH is 1. The second kappa shape index (κ2) is 5.05. The van der Waals surface area contributed by atoms with Gasteiger partial charge in [-0.05, 0) is 32.2 Å². The Balaban J connectivity index is 1.88. The van der Waals surface area contributed by atoms with Gasteiger partial charge in [0.2, 0.25) is 0 Å². The topological polar surface area (TPSA) is 36.4 Å². The lowest BCUT2D eigenvalue weighted by Crippen LogP contribution is -2.38. The summed E-state index contributed by atoms with van der Waals surface area (Å²) in [6.07, 6.45) is 4.14. The summed E-state index contributed by atoms with van der Waals surface area (Å²) in [7, 11) is 0. The van der Waals surface area contributed by atoms with E-state index in [1.54, 1.807) is 11.3 Å². The molecule has 1 aromatic heterocycles. The molecule has 1 aliphatic heterocycles. The molecule has 4 heteroatoms. The van der Waals surface area contributed by atoms with E-state index in [1.807, 2.05) is 18.6 Å². The predicted molar refractivity (Wildman–Crippen MR) is 61.8 cm³/mol. The summed E-state index contributed by atoms with van der Waals surface area (Å²) >= 11 is 1.71. The largest absolute Gasteiger partial charge is 0.393 e. The minimum atomic E-state index is -0.172. The number of aliphatic hydroxyl groups is 1. The van der Waals surface area contributed by atoms with Crippen LogP contribution in [-0.4, -0.2) is 34.2 Å². The predicted octanol–water partition coefficient (Wildman–Crippen LogP) is 1.74. The molecule has 1 aromatic rings. The maximum Gasteiger partial charge on any atom is 0.0794 e. The molecule has 1 N–H and O–H groups in total. The van der Waals surface area contributed by atoms with E-state index in [4.69, 9.17) is 0 Å². The van der Waals surface area contributed by atoms with Crippen LogP contribution in [-0.2, 0) is 6.54 Å². The highest BCUT2D eigenvalue weighted by Gasteiger charge is 2.23. The molecule has 15 heavy (non-hydrogen) atoms. The quantitative estimate of drug-likeness (QED) is 0.853. The third-order valence-electron chi connectivity index (χ3n) is 3.09. The molecule has 1 aliphatic rings. The van der Waals surface area contributed by atoms with E-state index >= 15 is 0 Å². The third kappa shape index (κ3) is 3.00. The third-order valence-corrected chi connectivity index (χ3v) is 3.85. The van der Waals surface area contributed by atoms with Crippen LogP contribution >= 0.6 is 11.3 Å². The molecule has 0 bridgehead atoms. The average molecular weight is 226 g/mol. The fourth-order valence-corrected chi connectivity index (χ4v) is 2.81. The Morgan fingerprint density at radius 3 is 3.27 bits per heavy atom. The molecule has 1 fully saturated rings. The van der Waals surface area contributed by atoms with Crippen molar-refractivity contribution in [1.29, 1.82) is 0 Å². The van der Waals surface area contributed by atoms with Gasteiger partial charge in [-0.15, -0.1) is 11.3 Å². The molecule has 0 unspecified atom stereocenters. The van der Waals surface area contributed by atoms with Crippen LogP contribution in [0.25, 0.3) is 0 Å². The van der Waals surface area contributed by atoms with E-state index < -0.39 is 0 Å². The van der Waals surface area contributed by atoms with Crippen molar-refractivity contribution >= 4 is 11.3 Å². The molecule has 1 saturated heterocycles. The van der Waals surface area contributed by atoms with Crippen molar-refractivity contribution in [3.05, 3.63) is 16.6 Å². The average Bonchev–Trinajstić information content (AvgIpc) is 2.71. The molecule has 0 amide bonds. The smallest absolute Gasteiger partial charge is 0.0794 e. The maximum absolute atomic E-state index is 9.58. The molecule has 0 aromatic carbocycles. The van der Waals surface area contributed by atoms with Crippen LogP contribution in [0.15, 0.2) is 11.7 Å². The monoisotopic (exact) mass is 226 g/mol. The first-order valence-electron chi connectivity index (χ1n) is 5.53. The van der Waals surface area contributed by atoms with Crippen molar-refractivity contribution in [2.24, 2.45) is 5.92 Å². The molecule has 0 aliphatic carbocycles. The van der Waals surface area contributed by atoms with Crippen molar-refractivity contribution in [1.82, 2.24) is 9.88 Å². The van der Waals surface area contributed by atoms with E-state index in [0.29, 0.717) is 5.92 Å². The second-order valence-electron chi connectivity index (χ2n) is 4.35. The molecule has 0 radical (unpaired) electrons. The molecule has 0 spiro atoms. The van der Waals surface area contributed by atoms with Crippen LogP contribution in [0.5, 0.6) is 0 Å². The van der Waals surface area contributed by atoms with Crippen LogP contribution in [0.3, 0.4) is 0 Å². The maximum atomic E-state index is 9.58. The molecule has 2 rings (SSSR count). The van der Waals surface area contributed by atoms with Gasteiger partial charge in [-0.3, -0.25) is 9.88 Å². The molecular formula is C11H18N2OS. The highest BCUT2D eigenvalue weighted by atomic mass is 32.1. The number of piperidine rings is 1. The summed E-state index contributed by atoms with van der Waals surface area (Å²) in [5, 5.41) is 9.58. The molecule has 3 nitrogen and oxygen atoms in total. The SMILES string of the molecule is C[C@H](O)[C@H]1CCCN(Cc2cncs2)C1. The summed E-state index contributed by atoms with van der Waals surface area (Å²) in [6, 6.07) is 0. The van der Waals surface area contributed by atoms with Gasteiger partial charge in [-0.2, -0.15) is 0 Å². The molecule has 0 saturated carbocycles. The van der Waals surface area contributed by atoms with Crippen LogP contribution in [0.2, 0.25) is 0 Å². The summed E-state index contributed by atoms with van der Waals surface area (Å²) in [4.78, 5) is 7.83. The van der Waals surface area contributed by atoms with E-state index in [-0.39, 0.29) is 6.10 Å². The van der Waals surface area contributed by atoms with Gasteiger partial charge in [0.25, 0.3) is 0 Å². The summed E-state index contributed by atoms with van der Waals surface area (Å²) in [5.74, 6) is 0.451. The van der Waals surface area contributed by atoms with E-state index in [0.717, 1.165) is 26.1 Å². The fourth-order valence-electron chi connectivity index (χ4n) is 2.17. The zero-order valence-corrected chi connectivity index (χ0v) is 9.91. The number of likely N-dealkylation sites (tertiary alicyclic amines) is 1. The van der Waals surface area contributed by atoms with Gasteiger partial charge < -0.3 is 5.11 Å². The minimum Gasteiger partial charge on any atom is -0.393 e. The lowest BCUT2D eigenvalue weighted by molar-refractivity contribution is 0.0603. The first kappa shape index (κ1) is 11.0. The van der Waals surface area contributed by atoms with E-state index in [1.165, 1.54) is 11.3 Å². The number of nitrogens with zero attached hydrogens (tertiary/aromatic N) is 2. The molecule has 2 heterocycles. The Kier molecular flexibility index (Phi) is 3.72. The highest BCUT2D eigenvalue weighted by molar-refractivity contribution is 7.09. The Bertz CT molecular complexity index is 287. The van der Waals surface area contributed by atoms with Crippen LogP contribution < -0.4 is 0 Å². The minimum absolute atomic E-state index is 0.172. The number of aromatic nitrogens is 1. The van der Waals surface area contributed by atoms with E-state index in [2.05, 4.69) is 9.88 Å². The van der Waals surface area contributed by atoms with Crippen molar-refractivity contribution in [3.8, 4) is 0 Å². The Morgan fingerprint density at radius 2 is 2.60 bits per heavy atom. The highest BCUT2D eigenvalue weighted by Crippen LogP contribution is 2.21. The Labute approximate surface area is 94.8 Å². The fraction of sp³-hybridized carbons (Fsp3) is 0.727. The van der Waals surface area contributed by atoms with Gasteiger partial charge in [0.1, 0.15) is 0 Å². The van der Waals surface area contributed by atoms with Crippen molar-refractivity contribution in [2.45, 2.75) is 32.4 Å². The van der Waals surface area contributed by atoms with Gasteiger partial charge >= 0.3 is 0 Å². The number of thiazole rings is 1. The van der Waals surface area contributed by atoms with Gasteiger partial charge in [-0.25, -0.2) is 0 Å². The summed E-state index contributed by atoms with van der Waals surface area (Å²) < 4.78 is 0. The zero-order chi connectivity index (χ0) is 10.7. The molecular weight excluding hydrogens is 208 g/mol. The van der Waals surface area contributed by atoms with Gasteiger partial charge in [0.15, 0.2) is 0 Å². The van der Waals surface area contributed by atoms with Crippen molar-refractivity contribution in [2.75, 3.05) is 13.1 Å². The summed E-state index contributed by atoms with van der Waals surface area (Å²) in [6.45, 7) is 5.07. The molecule has 2 atom stereocenters. The van der Waals surface area contributed by atoms with E-state index in [9.17, 15) is 5.11 Å². The number of hydrogen-bond donors (Lipinski definition) is 1. The standard InChI is InChI=1S/C11H18N2OS/c1-9(14)10-3-2-4-13(6-10)7-11-5-12-8-15-11/h5,8-10,14H,2-4,6-7H2,1H3/t9-,10-/m0/s1. The van der Waals surface area contributed by atoms with Crippen LogP contribution in [0, 0.1) is 5.92 Å². The molecule has 84 valence electrons. The van der Waals surface area contributed by atoms with Crippen LogP contribution in [0.1, 0.15) is 24.6 Å². The van der Waals surface area contributed by atoms with Gasteiger partial charge in [0, 0.05) is 24.2 Å². The summed E-state index contributed by atoms with van der Waals surface area (Å²) in [5.41, 5.74) is 1.88. The first-order valence-corrected chi connectivity index (χ1v) is 6.41. The van der Waals surface area contributed by atoms with Crippen molar-refractivity contribution in [3.63, 3.8) is 0 Å². The van der Waals surface area contributed by atoms with Gasteiger partial charge in [-0.1, -0.05) is 0 Å².